The van der Waals surface area contributed by atoms with Gasteiger partial charge in [0.25, 0.3) is 0 Å². The molecule has 0 aliphatic carbocycles. The molecule has 2 aromatic heterocycles. The summed E-state index contributed by atoms with van der Waals surface area (Å²) in [6, 6.07) is 20.6. The normalized spacial score (nSPS) is 14.7. The average Bonchev–Trinajstić information content (AvgIpc) is 3.51. The molecule has 1 aliphatic rings. The topological polar surface area (TPSA) is 99.1 Å². The number of fused-ring (bicyclic) bond motifs is 2. The molecule has 0 amide bonds. The van der Waals surface area contributed by atoms with Crippen molar-refractivity contribution in [2.24, 2.45) is 5.73 Å². The van der Waals surface area contributed by atoms with Crippen LogP contribution in [0.2, 0.25) is 0 Å². The molecule has 35 heavy (non-hydrogen) atoms. The molecule has 5 aromatic rings. The molecule has 0 saturated carbocycles. The lowest BCUT2D eigenvalue weighted by atomic mass is 10.2. The monoisotopic (exact) mass is 467 g/mol. The highest BCUT2D eigenvalue weighted by Crippen LogP contribution is 2.28. The molecule has 3 aromatic carbocycles. The summed E-state index contributed by atoms with van der Waals surface area (Å²) in [5.74, 6) is 2.48. The fourth-order valence-corrected chi connectivity index (χ4v) is 4.58. The third-order valence-corrected chi connectivity index (χ3v) is 6.60. The van der Waals surface area contributed by atoms with Gasteiger partial charge in [-0.2, -0.15) is 0 Å². The van der Waals surface area contributed by atoms with Gasteiger partial charge in [0.1, 0.15) is 24.0 Å². The Balaban J connectivity index is 1.26. The SMILES string of the molecule is CN1CCN(c2ccc3nc(-c4ccc5nc(-c6ccc(OCCN)cc6)[nH]c5c4)[nH]c3c2)CC1. The Labute approximate surface area is 203 Å². The van der Waals surface area contributed by atoms with Gasteiger partial charge >= 0.3 is 0 Å². The van der Waals surface area contributed by atoms with Crippen LogP contribution in [0.25, 0.3) is 44.8 Å². The van der Waals surface area contributed by atoms with Gasteiger partial charge in [-0.05, 0) is 67.7 Å². The zero-order valence-corrected chi connectivity index (χ0v) is 19.8. The van der Waals surface area contributed by atoms with Gasteiger partial charge in [-0.1, -0.05) is 0 Å². The van der Waals surface area contributed by atoms with Crippen molar-refractivity contribution in [2.75, 3.05) is 51.3 Å². The largest absolute Gasteiger partial charge is 0.492 e. The first-order valence-electron chi connectivity index (χ1n) is 12.0. The number of imidazole rings is 2. The fourth-order valence-electron chi connectivity index (χ4n) is 4.58. The highest BCUT2D eigenvalue weighted by Gasteiger charge is 2.16. The Morgan fingerprint density at radius 2 is 1.43 bits per heavy atom. The van der Waals surface area contributed by atoms with E-state index in [0.717, 1.165) is 76.8 Å². The molecule has 0 spiro atoms. The van der Waals surface area contributed by atoms with Crippen molar-refractivity contribution in [1.82, 2.24) is 24.8 Å². The summed E-state index contributed by atoms with van der Waals surface area (Å²) in [5.41, 5.74) is 12.7. The second-order valence-electron chi connectivity index (χ2n) is 9.06. The second-order valence-corrected chi connectivity index (χ2v) is 9.06. The molecule has 0 radical (unpaired) electrons. The van der Waals surface area contributed by atoms with Gasteiger partial charge in [-0.3, -0.25) is 0 Å². The number of ether oxygens (including phenoxy) is 1. The van der Waals surface area contributed by atoms with Crippen molar-refractivity contribution in [3.05, 3.63) is 60.7 Å². The van der Waals surface area contributed by atoms with E-state index in [1.165, 1.54) is 5.69 Å². The van der Waals surface area contributed by atoms with Crippen molar-refractivity contribution in [2.45, 2.75) is 0 Å². The van der Waals surface area contributed by atoms with Crippen LogP contribution >= 0.6 is 0 Å². The van der Waals surface area contributed by atoms with Gasteiger partial charge in [0, 0.05) is 49.5 Å². The van der Waals surface area contributed by atoms with Crippen LogP contribution in [0.5, 0.6) is 5.75 Å². The molecule has 0 unspecified atom stereocenters. The molecule has 3 heterocycles. The summed E-state index contributed by atoms with van der Waals surface area (Å²) in [5, 5.41) is 0. The number of benzene rings is 3. The van der Waals surface area contributed by atoms with Gasteiger partial charge in [0.05, 0.1) is 22.1 Å². The molecular formula is C27H29N7O. The Hall–Kier alpha value is -3.88. The molecule has 1 saturated heterocycles. The summed E-state index contributed by atoms with van der Waals surface area (Å²) in [7, 11) is 2.18. The predicted molar refractivity (Wildman–Crippen MR) is 141 cm³/mol. The first-order valence-corrected chi connectivity index (χ1v) is 12.0. The van der Waals surface area contributed by atoms with Crippen LogP contribution in [0.15, 0.2) is 60.7 Å². The van der Waals surface area contributed by atoms with Crippen LogP contribution in [0, 0.1) is 0 Å². The van der Waals surface area contributed by atoms with Gasteiger partial charge in [0.15, 0.2) is 0 Å². The lowest BCUT2D eigenvalue weighted by molar-refractivity contribution is 0.313. The van der Waals surface area contributed by atoms with Crippen LogP contribution in [-0.2, 0) is 0 Å². The number of nitrogens with zero attached hydrogens (tertiary/aromatic N) is 4. The van der Waals surface area contributed by atoms with E-state index < -0.39 is 0 Å². The molecule has 6 rings (SSSR count). The summed E-state index contributed by atoms with van der Waals surface area (Å²) in [6.45, 7) is 5.27. The fraction of sp³-hybridized carbons (Fsp3) is 0.259. The van der Waals surface area contributed by atoms with Crippen molar-refractivity contribution in [3.8, 4) is 28.5 Å². The van der Waals surface area contributed by atoms with E-state index in [1.54, 1.807) is 0 Å². The smallest absolute Gasteiger partial charge is 0.138 e. The number of anilines is 1. The predicted octanol–water partition coefficient (Wildman–Crippen LogP) is 3.86. The van der Waals surface area contributed by atoms with Crippen molar-refractivity contribution < 1.29 is 4.74 Å². The lowest BCUT2D eigenvalue weighted by Gasteiger charge is -2.34. The Kier molecular flexibility index (Phi) is 5.60. The van der Waals surface area contributed by atoms with E-state index in [4.69, 9.17) is 20.4 Å². The third-order valence-electron chi connectivity index (χ3n) is 6.60. The summed E-state index contributed by atoms with van der Waals surface area (Å²) >= 11 is 0. The number of nitrogens with two attached hydrogens (primary N) is 1. The van der Waals surface area contributed by atoms with Gasteiger partial charge in [-0.15, -0.1) is 0 Å². The van der Waals surface area contributed by atoms with E-state index in [0.29, 0.717) is 13.2 Å². The van der Waals surface area contributed by atoms with Crippen molar-refractivity contribution in [1.29, 1.82) is 0 Å². The lowest BCUT2D eigenvalue weighted by Crippen LogP contribution is -2.44. The minimum atomic E-state index is 0.496. The maximum absolute atomic E-state index is 5.57. The summed E-state index contributed by atoms with van der Waals surface area (Å²) in [6.07, 6.45) is 0. The summed E-state index contributed by atoms with van der Waals surface area (Å²) in [4.78, 5) is 21.4. The molecule has 1 aliphatic heterocycles. The number of hydrogen-bond donors (Lipinski definition) is 3. The molecule has 0 atom stereocenters. The van der Waals surface area contributed by atoms with Gasteiger partial charge < -0.3 is 30.2 Å². The Morgan fingerprint density at radius 1 is 0.800 bits per heavy atom. The van der Waals surface area contributed by atoms with Gasteiger partial charge in [0.2, 0.25) is 0 Å². The maximum Gasteiger partial charge on any atom is 0.138 e. The third kappa shape index (κ3) is 4.34. The number of rotatable bonds is 6. The minimum absolute atomic E-state index is 0.496. The van der Waals surface area contributed by atoms with Gasteiger partial charge in [-0.25, -0.2) is 9.97 Å². The molecule has 4 N–H and O–H groups in total. The molecule has 1 fully saturated rings. The van der Waals surface area contributed by atoms with Crippen LogP contribution in [0.3, 0.4) is 0 Å². The molecular weight excluding hydrogens is 438 g/mol. The Bertz CT molecular complexity index is 1460. The van der Waals surface area contributed by atoms with E-state index in [2.05, 4.69) is 57.1 Å². The first kappa shape index (κ1) is 21.6. The minimum Gasteiger partial charge on any atom is -0.492 e. The Morgan fingerprint density at radius 3 is 2.14 bits per heavy atom. The number of aromatic nitrogens is 4. The number of aromatic amines is 2. The van der Waals surface area contributed by atoms with Crippen LogP contribution in [-0.4, -0.2) is 71.2 Å². The number of likely N-dealkylation sites (N-methyl/N-ethyl adjacent to an activating group) is 1. The zero-order valence-electron chi connectivity index (χ0n) is 19.8. The van der Waals surface area contributed by atoms with E-state index in [9.17, 15) is 0 Å². The molecule has 8 nitrogen and oxygen atoms in total. The first-order chi connectivity index (χ1) is 17.2. The number of H-pyrrole nitrogens is 2. The van der Waals surface area contributed by atoms with Crippen molar-refractivity contribution in [3.63, 3.8) is 0 Å². The highest BCUT2D eigenvalue weighted by molar-refractivity contribution is 5.87. The number of piperazine rings is 1. The van der Waals surface area contributed by atoms with Crippen LogP contribution in [0.1, 0.15) is 0 Å². The zero-order chi connectivity index (χ0) is 23.8. The van der Waals surface area contributed by atoms with E-state index in [-0.39, 0.29) is 0 Å². The second kappa shape index (κ2) is 9.05. The number of hydrogen-bond acceptors (Lipinski definition) is 6. The summed E-state index contributed by atoms with van der Waals surface area (Å²) < 4.78 is 5.57. The average molecular weight is 468 g/mol. The standard InChI is InChI=1S/C27H29N7O/c1-33-11-13-34(14-12-33)20-5-9-23-25(17-20)32-27(30-23)19-4-8-22-24(16-19)31-26(29-22)18-2-6-21(7-3-18)35-15-10-28/h2-9,16-17H,10-15,28H2,1H3,(H,29,31)(H,30,32). The van der Waals surface area contributed by atoms with Crippen LogP contribution < -0.4 is 15.4 Å². The highest BCUT2D eigenvalue weighted by atomic mass is 16.5. The molecule has 178 valence electrons. The molecule has 8 heteroatoms. The quantitative estimate of drug-likeness (QED) is 0.351. The maximum atomic E-state index is 5.57. The van der Waals surface area contributed by atoms with E-state index >= 15 is 0 Å². The van der Waals surface area contributed by atoms with Crippen molar-refractivity contribution >= 4 is 27.8 Å². The number of nitrogens with one attached hydrogen (secondary N) is 2. The van der Waals surface area contributed by atoms with E-state index in [1.807, 2.05) is 30.3 Å². The molecule has 0 bridgehead atoms. The van der Waals surface area contributed by atoms with Crippen LogP contribution in [0.4, 0.5) is 5.69 Å².